The fourth-order valence-electron chi connectivity index (χ4n) is 2.94. The molecule has 0 saturated carbocycles. The Bertz CT molecular complexity index is 709. The molecule has 126 valence electrons. The first-order valence-corrected chi connectivity index (χ1v) is 7.92. The van der Waals surface area contributed by atoms with E-state index in [9.17, 15) is 9.18 Å². The predicted molar refractivity (Wildman–Crippen MR) is 88.4 cm³/mol. The van der Waals surface area contributed by atoms with Crippen molar-refractivity contribution in [3.05, 3.63) is 59.7 Å². The Morgan fingerprint density at radius 2 is 2.17 bits per heavy atom. The largest absolute Gasteiger partial charge is 0.494 e. The molecule has 2 aromatic rings. The Labute approximate surface area is 140 Å². The van der Waals surface area contributed by atoms with E-state index < -0.39 is 0 Å². The first kappa shape index (κ1) is 16.2. The lowest BCUT2D eigenvalue weighted by Gasteiger charge is -2.18. The molecule has 3 rings (SSSR count). The van der Waals surface area contributed by atoms with Crippen molar-refractivity contribution in [1.82, 2.24) is 15.2 Å². The van der Waals surface area contributed by atoms with Crippen LogP contribution < -0.4 is 10.1 Å². The lowest BCUT2D eigenvalue weighted by Crippen LogP contribution is -2.37. The molecule has 0 radical (unpaired) electrons. The first-order valence-electron chi connectivity index (χ1n) is 7.92. The Morgan fingerprint density at radius 3 is 2.88 bits per heavy atom. The van der Waals surface area contributed by atoms with E-state index in [1.54, 1.807) is 23.4 Å². The summed E-state index contributed by atoms with van der Waals surface area (Å²) >= 11 is 0. The number of likely N-dealkylation sites (tertiary alicyclic amines) is 1. The van der Waals surface area contributed by atoms with Gasteiger partial charge in [0.2, 0.25) is 0 Å². The van der Waals surface area contributed by atoms with Gasteiger partial charge in [0.05, 0.1) is 7.11 Å². The number of carbonyl (C=O) groups excluding carboxylic acids is 1. The van der Waals surface area contributed by atoms with Crippen LogP contribution >= 0.6 is 0 Å². The number of nitrogens with zero attached hydrogens (tertiary/aromatic N) is 2. The SMILES string of the molecule is COc1ccc(C2CCN(C(=O)NCc3ccncc3)C2)cc1F. The molecular formula is C18H20FN3O2. The maximum absolute atomic E-state index is 13.8. The van der Waals surface area contributed by atoms with Gasteiger partial charge in [-0.05, 0) is 41.8 Å². The average Bonchev–Trinajstić information content (AvgIpc) is 3.10. The van der Waals surface area contributed by atoms with Crippen molar-refractivity contribution in [2.45, 2.75) is 18.9 Å². The number of carbonyl (C=O) groups is 1. The highest BCUT2D eigenvalue weighted by Crippen LogP contribution is 2.30. The second-order valence-corrected chi connectivity index (χ2v) is 5.84. The van der Waals surface area contributed by atoms with Gasteiger partial charge in [0.25, 0.3) is 0 Å². The molecule has 1 fully saturated rings. The van der Waals surface area contributed by atoms with E-state index in [0.717, 1.165) is 17.5 Å². The zero-order chi connectivity index (χ0) is 16.9. The molecular weight excluding hydrogens is 309 g/mol. The lowest BCUT2D eigenvalue weighted by molar-refractivity contribution is 0.208. The fourth-order valence-corrected chi connectivity index (χ4v) is 2.94. The van der Waals surface area contributed by atoms with Crippen molar-refractivity contribution in [2.24, 2.45) is 0 Å². The van der Waals surface area contributed by atoms with Gasteiger partial charge in [-0.1, -0.05) is 6.07 Å². The van der Waals surface area contributed by atoms with Crippen LogP contribution in [-0.2, 0) is 6.54 Å². The van der Waals surface area contributed by atoms with Crippen molar-refractivity contribution in [3.63, 3.8) is 0 Å². The summed E-state index contributed by atoms with van der Waals surface area (Å²) in [5.41, 5.74) is 1.91. The van der Waals surface area contributed by atoms with Gasteiger partial charge in [0.15, 0.2) is 11.6 Å². The molecule has 1 aliphatic rings. The van der Waals surface area contributed by atoms with Gasteiger partial charge in [-0.2, -0.15) is 0 Å². The molecule has 1 atom stereocenters. The molecule has 0 aliphatic carbocycles. The number of aromatic nitrogens is 1. The van der Waals surface area contributed by atoms with E-state index in [4.69, 9.17) is 4.74 Å². The lowest BCUT2D eigenvalue weighted by atomic mass is 9.98. The number of nitrogens with one attached hydrogen (secondary N) is 1. The zero-order valence-corrected chi connectivity index (χ0v) is 13.5. The van der Waals surface area contributed by atoms with Gasteiger partial charge < -0.3 is 15.0 Å². The van der Waals surface area contributed by atoms with Crippen molar-refractivity contribution >= 4 is 6.03 Å². The number of hydrogen-bond donors (Lipinski definition) is 1. The molecule has 1 saturated heterocycles. The Morgan fingerprint density at radius 1 is 1.38 bits per heavy atom. The molecule has 0 spiro atoms. The first-order chi connectivity index (χ1) is 11.7. The Hall–Kier alpha value is -2.63. The van der Waals surface area contributed by atoms with Gasteiger partial charge in [0.1, 0.15) is 0 Å². The summed E-state index contributed by atoms with van der Waals surface area (Å²) in [7, 11) is 1.45. The van der Waals surface area contributed by atoms with Gasteiger partial charge >= 0.3 is 6.03 Å². The number of hydrogen-bond acceptors (Lipinski definition) is 3. The minimum absolute atomic E-state index is 0.0942. The van der Waals surface area contributed by atoms with E-state index in [1.807, 2.05) is 18.2 Å². The Balaban J connectivity index is 1.56. The van der Waals surface area contributed by atoms with Gasteiger partial charge in [-0.15, -0.1) is 0 Å². The second-order valence-electron chi connectivity index (χ2n) is 5.84. The smallest absolute Gasteiger partial charge is 0.317 e. The minimum Gasteiger partial charge on any atom is -0.494 e. The van der Waals surface area contributed by atoms with Gasteiger partial charge in [-0.25, -0.2) is 9.18 Å². The van der Waals surface area contributed by atoms with Crippen LogP contribution in [0.25, 0.3) is 0 Å². The van der Waals surface area contributed by atoms with Gasteiger partial charge in [0, 0.05) is 37.9 Å². The van der Waals surface area contributed by atoms with Crippen LogP contribution in [0.1, 0.15) is 23.5 Å². The van der Waals surface area contributed by atoms with E-state index in [1.165, 1.54) is 13.2 Å². The van der Waals surface area contributed by atoms with Crippen LogP contribution in [0.5, 0.6) is 5.75 Å². The fraction of sp³-hybridized carbons (Fsp3) is 0.333. The van der Waals surface area contributed by atoms with Crippen LogP contribution in [-0.4, -0.2) is 36.1 Å². The van der Waals surface area contributed by atoms with Crippen LogP contribution in [0.4, 0.5) is 9.18 Å². The number of benzene rings is 1. The van der Waals surface area contributed by atoms with Crippen LogP contribution in [0.15, 0.2) is 42.7 Å². The molecule has 6 heteroatoms. The predicted octanol–water partition coefficient (Wildman–Crippen LogP) is 2.93. The molecule has 1 aromatic carbocycles. The zero-order valence-electron chi connectivity index (χ0n) is 13.5. The normalized spacial score (nSPS) is 16.9. The average molecular weight is 329 g/mol. The summed E-state index contributed by atoms with van der Waals surface area (Å²) in [6, 6.07) is 8.65. The highest BCUT2D eigenvalue weighted by atomic mass is 19.1. The van der Waals surface area contributed by atoms with Crippen LogP contribution in [0, 0.1) is 5.82 Å². The second kappa shape index (κ2) is 7.29. The quantitative estimate of drug-likeness (QED) is 0.938. The maximum Gasteiger partial charge on any atom is 0.317 e. The number of methoxy groups -OCH3 is 1. The highest BCUT2D eigenvalue weighted by Gasteiger charge is 2.27. The molecule has 0 bridgehead atoms. The summed E-state index contributed by atoms with van der Waals surface area (Å²) in [6.45, 7) is 1.73. The van der Waals surface area contributed by atoms with Crippen LogP contribution in [0.2, 0.25) is 0 Å². The molecule has 1 aromatic heterocycles. The van der Waals surface area contributed by atoms with E-state index >= 15 is 0 Å². The summed E-state index contributed by atoms with van der Waals surface area (Å²) in [5, 5.41) is 2.91. The number of urea groups is 1. The molecule has 2 heterocycles. The monoisotopic (exact) mass is 329 g/mol. The molecule has 5 nitrogen and oxygen atoms in total. The topological polar surface area (TPSA) is 54.5 Å². The van der Waals surface area contributed by atoms with Crippen LogP contribution in [0.3, 0.4) is 0 Å². The highest BCUT2D eigenvalue weighted by molar-refractivity contribution is 5.74. The van der Waals surface area contributed by atoms with E-state index in [-0.39, 0.29) is 23.5 Å². The summed E-state index contributed by atoms with van der Waals surface area (Å²) < 4.78 is 18.8. The molecule has 1 aliphatic heterocycles. The summed E-state index contributed by atoms with van der Waals surface area (Å²) in [5.74, 6) is 0.0244. The third kappa shape index (κ3) is 3.64. The number of pyridine rings is 1. The third-order valence-corrected chi connectivity index (χ3v) is 4.32. The number of rotatable bonds is 4. The van der Waals surface area contributed by atoms with Crippen molar-refractivity contribution in [2.75, 3.05) is 20.2 Å². The summed E-state index contributed by atoms with van der Waals surface area (Å²) in [4.78, 5) is 18.0. The third-order valence-electron chi connectivity index (χ3n) is 4.32. The summed E-state index contributed by atoms with van der Waals surface area (Å²) in [6.07, 6.45) is 4.23. The standard InChI is InChI=1S/C18H20FN3O2/c1-24-17-3-2-14(10-16(17)19)15-6-9-22(12-15)18(23)21-11-13-4-7-20-8-5-13/h2-5,7-8,10,15H,6,9,11-12H2,1H3,(H,21,23). The van der Waals surface area contributed by atoms with Gasteiger partial charge in [-0.3, -0.25) is 4.98 Å². The van der Waals surface area contributed by atoms with E-state index in [0.29, 0.717) is 19.6 Å². The molecule has 24 heavy (non-hydrogen) atoms. The Kier molecular flexibility index (Phi) is 4.93. The number of ether oxygens (including phenoxy) is 1. The number of halogens is 1. The van der Waals surface area contributed by atoms with Crippen molar-refractivity contribution in [1.29, 1.82) is 0 Å². The minimum atomic E-state index is -0.365. The van der Waals surface area contributed by atoms with Crippen molar-refractivity contribution in [3.8, 4) is 5.75 Å². The number of amides is 2. The molecule has 2 amide bonds. The maximum atomic E-state index is 13.8. The van der Waals surface area contributed by atoms with E-state index in [2.05, 4.69) is 10.3 Å². The molecule has 1 unspecified atom stereocenters. The molecule has 1 N–H and O–H groups in total. The van der Waals surface area contributed by atoms with Crippen molar-refractivity contribution < 1.29 is 13.9 Å².